The molecule has 9 heteroatoms. The summed E-state index contributed by atoms with van der Waals surface area (Å²) in [6.45, 7) is 1.12. The molecule has 0 fully saturated rings. The van der Waals surface area contributed by atoms with E-state index in [1.54, 1.807) is 19.1 Å². The third kappa shape index (κ3) is 8.20. The van der Waals surface area contributed by atoms with Crippen LogP contribution >= 0.6 is 0 Å². The number of fused-ring (bicyclic) bond motifs is 1. The van der Waals surface area contributed by atoms with Crippen LogP contribution in [0.15, 0.2) is 54.6 Å². The molecule has 0 bridgehead atoms. The standard InChI is InChI=1S/C27H33N3O6/c1-18(16-31)28-24(32)15-21-10-4-2-3-5-11-25(33)36-17-23(30-26(21)34)27(35)29-22-13-12-19-8-6-7-9-20(19)14-22/h2,4,6-9,12-14,18,21,23,31H,3,5,10-11,15-17H2,1H3,(H,28,32)(H,29,35)(H,30,34)/t18-,21-,23+/m1/s1. The van der Waals surface area contributed by atoms with Gasteiger partial charge in [0, 0.05) is 24.6 Å². The quantitative estimate of drug-likeness (QED) is 0.359. The van der Waals surface area contributed by atoms with Crippen LogP contribution in [0.5, 0.6) is 0 Å². The summed E-state index contributed by atoms with van der Waals surface area (Å²) in [4.78, 5) is 50.8. The first kappa shape index (κ1) is 26.9. The van der Waals surface area contributed by atoms with Crippen molar-refractivity contribution in [1.29, 1.82) is 0 Å². The number of aliphatic hydroxyl groups excluding tert-OH is 1. The highest BCUT2D eigenvalue weighted by Gasteiger charge is 2.28. The Morgan fingerprint density at radius 2 is 1.92 bits per heavy atom. The number of amides is 3. The van der Waals surface area contributed by atoms with Gasteiger partial charge in [-0.2, -0.15) is 0 Å². The molecule has 0 unspecified atom stereocenters. The number of nitrogens with one attached hydrogen (secondary N) is 3. The number of carbonyl (C=O) groups is 4. The minimum atomic E-state index is -1.14. The molecular weight excluding hydrogens is 462 g/mol. The van der Waals surface area contributed by atoms with E-state index in [4.69, 9.17) is 4.74 Å². The highest BCUT2D eigenvalue weighted by molar-refractivity contribution is 5.99. The average molecular weight is 496 g/mol. The Morgan fingerprint density at radius 3 is 2.69 bits per heavy atom. The molecule has 3 atom stereocenters. The van der Waals surface area contributed by atoms with Gasteiger partial charge in [-0.05, 0) is 49.1 Å². The van der Waals surface area contributed by atoms with Crippen LogP contribution in [-0.2, 0) is 23.9 Å². The Morgan fingerprint density at radius 1 is 1.14 bits per heavy atom. The third-order valence-corrected chi connectivity index (χ3v) is 5.88. The molecular formula is C27H33N3O6. The minimum absolute atomic E-state index is 0.112. The van der Waals surface area contributed by atoms with Crippen LogP contribution in [-0.4, -0.2) is 54.1 Å². The van der Waals surface area contributed by atoms with E-state index in [0.717, 1.165) is 10.8 Å². The summed E-state index contributed by atoms with van der Waals surface area (Å²) in [5.74, 6) is -2.60. The lowest BCUT2D eigenvalue weighted by Gasteiger charge is -2.22. The predicted octanol–water partition coefficient (Wildman–Crippen LogP) is 2.44. The zero-order chi connectivity index (χ0) is 25.9. The maximum absolute atomic E-state index is 13.1. The van der Waals surface area contributed by atoms with Crippen molar-refractivity contribution in [2.24, 2.45) is 5.92 Å². The number of cyclic esters (lactones) is 1. The number of rotatable bonds is 6. The van der Waals surface area contributed by atoms with Crippen LogP contribution in [0.3, 0.4) is 0 Å². The highest BCUT2D eigenvalue weighted by Crippen LogP contribution is 2.19. The zero-order valence-electron chi connectivity index (χ0n) is 20.4. The van der Waals surface area contributed by atoms with E-state index in [0.29, 0.717) is 24.9 Å². The van der Waals surface area contributed by atoms with Crippen LogP contribution in [0.1, 0.15) is 39.0 Å². The predicted molar refractivity (Wildman–Crippen MR) is 136 cm³/mol. The van der Waals surface area contributed by atoms with Crippen molar-refractivity contribution in [3.05, 3.63) is 54.6 Å². The molecule has 36 heavy (non-hydrogen) atoms. The number of benzene rings is 2. The van der Waals surface area contributed by atoms with Crippen LogP contribution in [0.4, 0.5) is 5.69 Å². The summed E-state index contributed by atoms with van der Waals surface area (Å²) in [7, 11) is 0. The fourth-order valence-corrected chi connectivity index (χ4v) is 3.85. The normalized spacial score (nSPS) is 20.2. The summed E-state index contributed by atoms with van der Waals surface area (Å²) in [5, 5.41) is 19.2. The van der Waals surface area contributed by atoms with Gasteiger partial charge < -0.3 is 25.8 Å². The van der Waals surface area contributed by atoms with Gasteiger partial charge in [0.15, 0.2) is 0 Å². The van der Waals surface area contributed by atoms with Crippen molar-refractivity contribution in [3.8, 4) is 0 Å². The first-order chi connectivity index (χ1) is 17.4. The number of anilines is 1. The molecule has 3 rings (SSSR count). The lowest BCUT2D eigenvalue weighted by molar-refractivity contribution is -0.146. The zero-order valence-corrected chi connectivity index (χ0v) is 20.4. The van der Waals surface area contributed by atoms with Crippen molar-refractivity contribution in [2.75, 3.05) is 18.5 Å². The van der Waals surface area contributed by atoms with Gasteiger partial charge in [-0.1, -0.05) is 42.5 Å². The molecule has 0 saturated heterocycles. The summed E-state index contributed by atoms with van der Waals surface area (Å²) >= 11 is 0. The smallest absolute Gasteiger partial charge is 0.305 e. The van der Waals surface area contributed by atoms with E-state index in [-0.39, 0.29) is 32.0 Å². The number of carbonyl (C=O) groups excluding carboxylic acids is 4. The third-order valence-electron chi connectivity index (χ3n) is 5.88. The molecule has 1 aliphatic rings. The molecule has 0 aliphatic carbocycles. The van der Waals surface area contributed by atoms with Gasteiger partial charge in [0.2, 0.25) is 11.8 Å². The molecule has 4 N–H and O–H groups in total. The molecule has 1 heterocycles. The SMILES string of the molecule is C[C@H](CO)NC(=O)C[C@H]1CC=CCCCC(=O)OC[C@@H](C(=O)Nc2ccc3ccccc3c2)NC1=O. The lowest BCUT2D eigenvalue weighted by Crippen LogP contribution is -2.49. The first-order valence-corrected chi connectivity index (χ1v) is 12.2. The first-order valence-electron chi connectivity index (χ1n) is 12.2. The number of allylic oxidation sites excluding steroid dienone is 2. The number of aliphatic hydroxyl groups is 1. The minimum Gasteiger partial charge on any atom is -0.463 e. The fraction of sp³-hybridized carbons (Fsp3) is 0.407. The molecule has 2 aromatic carbocycles. The Bertz CT molecular complexity index is 1120. The average Bonchev–Trinajstić information content (AvgIpc) is 2.88. The fourth-order valence-electron chi connectivity index (χ4n) is 3.85. The van der Waals surface area contributed by atoms with Crippen LogP contribution in [0.25, 0.3) is 10.8 Å². The van der Waals surface area contributed by atoms with Crippen molar-refractivity contribution in [2.45, 2.75) is 51.1 Å². The van der Waals surface area contributed by atoms with Gasteiger partial charge in [0.05, 0.1) is 12.5 Å². The van der Waals surface area contributed by atoms with Crippen molar-refractivity contribution in [1.82, 2.24) is 10.6 Å². The molecule has 0 spiro atoms. The second-order valence-corrected chi connectivity index (χ2v) is 8.95. The van der Waals surface area contributed by atoms with Crippen LogP contribution < -0.4 is 16.0 Å². The molecule has 3 amide bonds. The molecule has 9 nitrogen and oxygen atoms in total. The molecule has 2 aromatic rings. The Kier molecular flexibility index (Phi) is 10.00. The summed E-state index contributed by atoms with van der Waals surface area (Å²) in [6, 6.07) is 11.6. The number of ether oxygens (including phenoxy) is 1. The maximum atomic E-state index is 13.1. The Hall–Kier alpha value is -3.72. The van der Waals surface area contributed by atoms with E-state index >= 15 is 0 Å². The van der Waals surface area contributed by atoms with E-state index in [1.165, 1.54) is 0 Å². The van der Waals surface area contributed by atoms with Crippen molar-refractivity contribution >= 4 is 40.2 Å². The van der Waals surface area contributed by atoms with E-state index < -0.39 is 35.8 Å². The Labute approximate surface area is 210 Å². The summed E-state index contributed by atoms with van der Waals surface area (Å²) in [6.07, 6.45) is 5.25. The number of hydrogen-bond donors (Lipinski definition) is 4. The summed E-state index contributed by atoms with van der Waals surface area (Å²) < 4.78 is 5.28. The van der Waals surface area contributed by atoms with E-state index in [2.05, 4.69) is 16.0 Å². The lowest BCUT2D eigenvalue weighted by atomic mass is 9.98. The molecule has 1 aliphatic heterocycles. The van der Waals surface area contributed by atoms with Gasteiger partial charge in [0.1, 0.15) is 12.6 Å². The van der Waals surface area contributed by atoms with Gasteiger partial charge in [-0.3, -0.25) is 19.2 Å². The maximum Gasteiger partial charge on any atom is 0.305 e. The highest BCUT2D eigenvalue weighted by atomic mass is 16.5. The van der Waals surface area contributed by atoms with Gasteiger partial charge >= 0.3 is 5.97 Å². The van der Waals surface area contributed by atoms with Gasteiger partial charge in [0.25, 0.3) is 5.91 Å². The molecule has 0 saturated carbocycles. The van der Waals surface area contributed by atoms with Gasteiger partial charge in [-0.15, -0.1) is 0 Å². The second kappa shape index (κ2) is 13.4. The van der Waals surface area contributed by atoms with Crippen LogP contribution in [0.2, 0.25) is 0 Å². The van der Waals surface area contributed by atoms with Crippen molar-refractivity contribution in [3.63, 3.8) is 0 Å². The van der Waals surface area contributed by atoms with Crippen LogP contribution in [0, 0.1) is 5.92 Å². The van der Waals surface area contributed by atoms with E-state index in [9.17, 15) is 24.3 Å². The molecule has 192 valence electrons. The topological polar surface area (TPSA) is 134 Å². The molecule has 0 aromatic heterocycles. The van der Waals surface area contributed by atoms with Gasteiger partial charge in [-0.25, -0.2) is 0 Å². The second-order valence-electron chi connectivity index (χ2n) is 8.95. The molecule has 0 radical (unpaired) electrons. The van der Waals surface area contributed by atoms with E-state index in [1.807, 2.05) is 42.5 Å². The largest absolute Gasteiger partial charge is 0.463 e. The number of esters is 1. The monoisotopic (exact) mass is 495 g/mol. The number of hydrogen-bond acceptors (Lipinski definition) is 6. The van der Waals surface area contributed by atoms with Crippen molar-refractivity contribution < 1.29 is 29.0 Å². The summed E-state index contributed by atoms with van der Waals surface area (Å²) in [5.41, 5.74) is 0.541. The Balaban J connectivity index is 1.76.